The van der Waals surface area contributed by atoms with Crippen molar-refractivity contribution in [2.45, 2.75) is 31.7 Å². The minimum Gasteiger partial charge on any atom is -0.324 e. The lowest BCUT2D eigenvalue weighted by atomic mass is 9.99. The maximum atomic E-state index is 6.28. The van der Waals surface area contributed by atoms with E-state index in [0.29, 0.717) is 0 Å². The van der Waals surface area contributed by atoms with Gasteiger partial charge in [0.25, 0.3) is 0 Å². The molecule has 0 fully saturated rings. The zero-order valence-corrected chi connectivity index (χ0v) is 10.8. The second kappa shape index (κ2) is 4.58. The molecule has 0 saturated heterocycles. The first-order chi connectivity index (χ1) is 8.72. The van der Waals surface area contributed by atoms with Crippen molar-refractivity contribution in [1.82, 2.24) is 9.78 Å². The monoisotopic (exact) mass is 241 g/mol. The number of rotatable bonds is 3. The van der Waals surface area contributed by atoms with Gasteiger partial charge in [-0.05, 0) is 42.0 Å². The summed E-state index contributed by atoms with van der Waals surface area (Å²) in [6.45, 7) is 0. The summed E-state index contributed by atoms with van der Waals surface area (Å²) in [5.41, 5.74) is 11.6. The van der Waals surface area contributed by atoms with Crippen LogP contribution in [0.3, 0.4) is 0 Å². The molecule has 3 rings (SSSR count). The van der Waals surface area contributed by atoms with Gasteiger partial charge in [0.1, 0.15) is 0 Å². The summed E-state index contributed by atoms with van der Waals surface area (Å²) in [4.78, 5) is 0. The number of hydrogen-bond acceptors (Lipinski definition) is 2. The van der Waals surface area contributed by atoms with Crippen molar-refractivity contribution in [3.05, 3.63) is 52.8 Å². The van der Waals surface area contributed by atoms with E-state index in [-0.39, 0.29) is 6.04 Å². The number of hydrogen-bond donors (Lipinski definition) is 1. The summed E-state index contributed by atoms with van der Waals surface area (Å²) in [7, 11) is 1.93. The molecule has 1 aliphatic rings. The van der Waals surface area contributed by atoms with Crippen LogP contribution < -0.4 is 5.73 Å². The third-order valence-corrected chi connectivity index (χ3v) is 3.75. The molecular formula is C15H19N3. The fourth-order valence-corrected chi connectivity index (χ4v) is 2.74. The van der Waals surface area contributed by atoms with E-state index in [0.717, 1.165) is 12.1 Å². The molecule has 1 atom stereocenters. The quantitative estimate of drug-likeness (QED) is 0.895. The molecule has 0 bridgehead atoms. The van der Waals surface area contributed by atoms with Gasteiger partial charge in [-0.25, -0.2) is 0 Å². The third-order valence-electron chi connectivity index (χ3n) is 3.75. The van der Waals surface area contributed by atoms with E-state index in [1.54, 1.807) is 0 Å². The zero-order chi connectivity index (χ0) is 12.5. The molecule has 0 amide bonds. The van der Waals surface area contributed by atoms with Gasteiger partial charge in [-0.2, -0.15) is 5.10 Å². The van der Waals surface area contributed by atoms with Crippen molar-refractivity contribution >= 4 is 0 Å². The highest BCUT2D eigenvalue weighted by molar-refractivity contribution is 5.36. The predicted octanol–water partition coefficient (Wildman–Crippen LogP) is 2.15. The molecule has 1 aromatic carbocycles. The summed E-state index contributed by atoms with van der Waals surface area (Å²) < 4.78 is 1.82. The Morgan fingerprint density at radius 1 is 1.28 bits per heavy atom. The topological polar surface area (TPSA) is 43.8 Å². The minimum absolute atomic E-state index is 0.0470. The van der Waals surface area contributed by atoms with Gasteiger partial charge in [0.15, 0.2) is 0 Å². The van der Waals surface area contributed by atoms with Gasteiger partial charge < -0.3 is 5.73 Å². The van der Waals surface area contributed by atoms with Gasteiger partial charge in [-0.1, -0.05) is 18.2 Å². The molecule has 1 heterocycles. The summed E-state index contributed by atoms with van der Waals surface area (Å²) >= 11 is 0. The van der Waals surface area contributed by atoms with E-state index in [1.165, 1.54) is 36.0 Å². The Morgan fingerprint density at radius 3 is 2.89 bits per heavy atom. The maximum absolute atomic E-state index is 6.28. The van der Waals surface area contributed by atoms with Gasteiger partial charge in [0.05, 0.1) is 5.69 Å². The first kappa shape index (κ1) is 11.5. The largest absolute Gasteiger partial charge is 0.324 e. The minimum atomic E-state index is 0.0470. The molecule has 1 unspecified atom stereocenters. The normalized spacial score (nSPS) is 15.7. The van der Waals surface area contributed by atoms with Crippen LogP contribution in [0.1, 0.15) is 34.8 Å². The molecule has 2 aromatic rings. The second-order valence-corrected chi connectivity index (χ2v) is 5.17. The van der Waals surface area contributed by atoms with E-state index in [1.807, 2.05) is 24.0 Å². The van der Waals surface area contributed by atoms with Gasteiger partial charge in [-0.3, -0.25) is 4.68 Å². The molecular weight excluding hydrogens is 222 g/mol. The Morgan fingerprint density at radius 2 is 2.11 bits per heavy atom. The third kappa shape index (κ3) is 2.18. The first-order valence-electron chi connectivity index (χ1n) is 6.58. The van der Waals surface area contributed by atoms with Crippen LogP contribution in [0.25, 0.3) is 0 Å². The van der Waals surface area contributed by atoms with Crippen molar-refractivity contribution in [3.63, 3.8) is 0 Å². The second-order valence-electron chi connectivity index (χ2n) is 5.17. The highest BCUT2D eigenvalue weighted by Gasteiger charge is 2.14. The van der Waals surface area contributed by atoms with E-state index in [2.05, 4.69) is 23.3 Å². The predicted molar refractivity (Wildman–Crippen MR) is 72.3 cm³/mol. The van der Waals surface area contributed by atoms with Crippen LogP contribution in [-0.2, 0) is 26.3 Å². The molecule has 0 aliphatic heterocycles. The average molecular weight is 241 g/mol. The van der Waals surface area contributed by atoms with Gasteiger partial charge in [0, 0.05) is 25.7 Å². The molecule has 1 aromatic heterocycles. The van der Waals surface area contributed by atoms with Crippen LogP contribution in [0.4, 0.5) is 0 Å². The smallest absolute Gasteiger partial charge is 0.0643 e. The molecule has 3 nitrogen and oxygen atoms in total. The molecule has 2 N–H and O–H groups in total. The Bertz CT molecular complexity index is 557. The average Bonchev–Trinajstić information content (AvgIpc) is 2.96. The lowest BCUT2D eigenvalue weighted by Crippen LogP contribution is -2.14. The molecule has 0 radical (unpaired) electrons. The number of nitrogens with two attached hydrogens (primary N) is 1. The van der Waals surface area contributed by atoms with E-state index >= 15 is 0 Å². The fourth-order valence-electron chi connectivity index (χ4n) is 2.74. The van der Waals surface area contributed by atoms with Crippen LogP contribution >= 0.6 is 0 Å². The maximum Gasteiger partial charge on any atom is 0.0643 e. The lowest BCUT2D eigenvalue weighted by Gasteiger charge is -2.12. The van der Waals surface area contributed by atoms with Crippen LogP contribution in [0.2, 0.25) is 0 Å². The van der Waals surface area contributed by atoms with Crippen LogP contribution in [-0.4, -0.2) is 9.78 Å². The molecule has 3 heteroatoms. The lowest BCUT2D eigenvalue weighted by molar-refractivity contribution is 0.674. The summed E-state index contributed by atoms with van der Waals surface area (Å²) in [5, 5.41) is 4.39. The highest BCUT2D eigenvalue weighted by atomic mass is 15.2. The highest BCUT2D eigenvalue weighted by Crippen LogP contribution is 2.25. The number of fused-ring (bicyclic) bond motifs is 1. The fraction of sp³-hybridized carbons (Fsp3) is 0.400. The van der Waals surface area contributed by atoms with Crippen LogP contribution in [0, 0.1) is 0 Å². The standard InChI is InChI=1S/C15H19N3/c1-18-8-7-14(17-18)10-15(16)13-6-5-11-3-2-4-12(11)9-13/h5-9,15H,2-4,10,16H2,1H3. The Balaban J connectivity index is 1.78. The van der Waals surface area contributed by atoms with Crippen molar-refractivity contribution in [3.8, 4) is 0 Å². The molecule has 94 valence electrons. The van der Waals surface area contributed by atoms with Gasteiger partial charge in [-0.15, -0.1) is 0 Å². The van der Waals surface area contributed by atoms with Crippen molar-refractivity contribution in [2.75, 3.05) is 0 Å². The Labute approximate surface area is 108 Å². The van der Waals surface area contributed by atoms with Gasteiger partial charge in [0.2, 0.25) is 0 Å². The van der Waals surface area contributed by atoms with Crippen LogP contribution in [0.15, 0.2) is 30.5 Å². The number of nitrogens with zero attached hydrogens (tertiary/aromatic N) is 2. The number of aromatic nitrogens is 2. The van der Waals surface area contributed by atoms with E-state index in [9.17, 15) is 0 Å². The zero-order valence-electron chi connectivity index (χ0n) is 10.8. The van der Waals surface area contributed by atoms with E-state index in [4.69, 9.17) is 5.73 Å². The first-order valence-corrected chi connectivity index (χ1v) is 6.58. The Kier molecular flexibility index (Phi) is 2.92. The molecule has 18 heavy (non-hydrogen) atoms. The SMILES string of the molecule is Cn1ccc(CC(N)c2ccc3c(c2)CCC3)n1. The Hall–Kier alpha value is -1.61. The summed E-state index contributed by atoms with van der Waals surface area (Å²) in [5.74, 6) is 0. The summed E-state index contributed by atoms with van der Waals surface area (Å²) in [6.07, 6.45) is 6.49. The van der Waals surface area contributed by atoms with Crippen molar-refractivity contribution in [2.24, 2.45) is 12.8 Å². The molecule has 0 saturated carbocycles. The summed E-state index contributed by atoms with van der Waals surface area (Å²) in [6, 6.07) is 8.79. The molecule has 1 aliphatic carbocycles. The number of benzene rings is 1. The van der Waals surface area contributed by atoms with Crippen molar-refractivity contribution in [1.29, 1.82) is 0 Å². The van der Waals surface area contributed by atoms with E-state index < -0.39 is 0 Å². The van der Waals surface area contributed by atoms with Crippen LogP contribution in [0.5, 0.6) is 0 Å². The van der Waals surface area contributed by atoms with Crippen molar-refractivity contribution < 1.29 is 0 Å². The molecule has 0 spiro atoms. The van der Waals surface area contributed by atoms with Gasteiger partial charge >= 0.3 is 0 Å². The number of aryl methyl sites for hydroxylation is 3.